The third-order valence-corrected chi connectivity index (χ3v) is 6.61. The van der Waals surface area contributed by atoms with Gasteiger partial charge in [-0.1, -0.05) is 72.8 Å². The summed E-state index contributed by atoms with van der Waals surface area (Å²) in [6.07, 6.45) is -0.366. The van der Waals surface area contributed by atoms with E-state index in [1.807, 2.05) is 112 Å². The molecule has 3 aromatic rings. The van der Waals surface area contributed by atoms with Crippen molar-refractivity contribution in [2.75, 3.05) is 7.11 Å². The van der Waals surface area contributed by atoms with Crippen LogP contribution in [0.15, 0.2) is 96.8 Å². The normalized spacial score (nSPS) is 23.7. The summed E-state index contributed by atoms with van der Waals surface area (Å²) in [5.74, 6) is 1.57. The zero-order valence-corrected chi connectivity index (χ0v) is 22.6. The number of hydrogen-bond donors (Lipinski definition) is 0. The Morgan fingerprint density at radius 3 is 1.74 bits per heavy atom. The minimum atomic E-state index is -0.647. The molecular weight excluding hydrogens is 480 g/mol. The fraction of sp³-hybridized carbons (Fsp3) is 0.375. The Labute approximate surface area is 226 Å². The predicted octanol–water partition coefficient (Wildman–Crippen LogP) is 6.44. The minimum Gasteiger partial charge on any atom is -0.497 e. The van der Waals surface area contributed by atoms with E-state index in [1.54, 1.807) is 7.11 Å². The van der Waals surface area contributed by atoms with Crippen LogP contribution in [0.25, 0.3) is 0 Å². The largest absolute Gasteiger partial charge is 0.497 e. The average Bonchev–Trinajstić information content (AvgIpc) is 2.96. The fourth-order valence-electron chi connectivity index (χ4n) is 4.36. The Hall–Kier alpha value is -3.16. The van der Waals surface area contributed by atoms with Gasteiger partial charge in [0.1, 0.15) is 24.1 Å². The van der Waals surface area contributed by atoms with Gasteiger partial charge in [0.15, 0.2) is 0 Å². The van der Waals surface area contributed by atoms with Crippen LogP contribution in [0.1, 0.15) is 37.5 Å². The topological polar surface area (TPSA) is 55.4 Å². The molecule has 5 atom stereocenters. The maximum Gasteiger partial charge on any atom is 0.228 e. The van der Waals surface area contributed by atoms with Crippen molar-refractivity contribution in [3.8, 4) is 5.75 Å². The highest BCUT2D eigenvalue weighted by Gasteiger charge is 2.48. The second-order valence-corrected chi connectivity index (χ2v) is 9.37. The Kier molecular flexibility index (Phi) is 10.4. The molecule has 0 unspecified atom stereocenters. The highest BCUT2D eigenvalue weighted by Crippen LogP contribution is 2.32. The number of allylic oxidation sites excluding steroid dienone is 2. The van der Waals surface area contributed by atoms with Crippen molar-refractivity contribution in [1.29, 1.82) is 0 Å². The summed E-state index contributed by atoms with van der Waals surface area (Å²) >= 11 is 0. The Morgan fingerprint density at radius 2 is 1.21 bits per heavy atom. The summed E-state index contributed by atoms with van der Waals surface area (Å²) in [7, 11) is 1.66. The molecule has 4 rings (SSSR count). The third-order valence-electron chi connectivity index (χ3n) is 6.61. The number of benzene rings is 3. The van der Waals surface area contributed by atoms with Gasteiger partial charge in [-0.05, 0) is 55.7 Å². The molecule has 1 fully saturated rings. The van der Waals surface area contributed by atoms with Gasteiger partial charge < -0.3 is 28.4 Å². The van der Waals surface area contributed by atoms with E-state index < -0.39 is 18.5 Å². The molecule has 0 aliphatic carbocycles. The molecular formula is C32H38O6. The van der Waals surface area contributed by atoms with E-state index in [9.17, 15) is 0 Å². The van der Waals surface area contributed by atoms with Gasteiger partial charge in [0.2, 0.25) is 6.29 Å². The number of ether oxygens (including phenoxy) is 6. The predicted molar refractivity (Wildman–Crippen MR) is 146 cm³/mol. The summed E-state index contributed by atoms with van der Waals surface area (Å²) < 4.78 is 37.4. The van der Waals surface area contributed by atoms with E-state index in [2.05, 4.69) is 0 Å². The van der Waals surface area contributed by atoms with Crippen molar-refractivity contribution >= 4 is 0 Å². The summed E-state index contributed by atoms with van der Waals surface area (Å²) in [5, 5.41) is 0. The van der Waals surface area contributed by atoms with Crippen LogP contribution in [0.2, 0.25) is 0 Å². The molecule has 202 valence electrons. The SMILES string of the molecule is C/C=C(\C)O[C@H]1O[C@@H](C)[C@@H](OCc2ccc(OC)cc2)[C@@H](OCc2ccccc2)[C@@H]1OCc1ccccc1. The first-order valence-electron chi connectivity index (χ1n) is 13.1. The van der Waals surface area contributed by atoms with Gasteiger partial charge in [-0.2, -0.15) is 0 Å². The molecule has 6 nitrogen and oxygen atoms in total. The van der Waals surface area contributed by atoms with Gasteiger partial charge in [0.25, 0.3) is 0 Å². The van der Waals surface area contributed by atoms with Crippen molar-refractivity contribution in [2.45, 2.75) is 71.3 Å². The lowest BCUT2D eigenvalue weighted by Gasteiger charge is -2.45. The Bertz CT molecular complexity index is 1120. The minimum absolute atomic E-state index is 0.291. The molecule has 0 amide bonds. The molecule has 0 saturated carbocycles. The van der Waals surface area contributed by atoms with Crippen LogP contribution in [0.4, 0.5) is 0 Å². The molecule has 0 bridgehead atoms. The highest BCUT2D eigenvalue weighted by molar-refractivity contribution is 5.26. The van der Waals surface area contributed by atoms with Gasteiger partial charge in [0.05, 0.1) is 38.8 Å². The lowest BCUT2D eigenvalue weighted by molar-refractivity contribution is -0.312. The van der Waals surface area contributed by atoms with E-state index in [0.717, 1.165) is 28.2 Å². The molecule has 38 heavy (non-hydrogen) atoms. The summed E-state index contributed by atoms with van der Waals surface area (Å²) in [4.78, 5) is 0. The second kappa shape index (κ2) is 14.1. The first kappa shape index (κ1) is 27.9. The average molecular weight is 519 g/mol. The molecule has 1 aliphatic rings. The van der Waals surface area contributed by atoms with Gasteiger partial charge in [0, 0.05) is 0 Å². The lowest BCUT2D eigenvalue weighted by Crippen LogP contribution is -2.59. The first-order valence-corrected chi connectivity index (χ1v) is 13.1. The van der Waals surface area contributed by atoms with Crippen LogP contribution >= 0.6 is 0 Å². The van der Waals surface area contributed by atoms with Crippen LogP contribution in [-0.2, 0) is 43.5 Å². The Balaban J connectivity index is 1.58. The fourth-order valence-corrected chi connectivity index (χ4v) is 4.36. The molecule has 1 aliphatic heterocycles. The molecule has 6 heteroatoms. The maximum absolute atomic E-state index is 6.57. The molecule has 1 heterocycles. The van der Waals surface area contributed by atoms with Gasteiger partial charge in [-0.25, -0.2) is 0 Å². The van der Waals surface area contributed by atoms with E-state index in [1.165, 1.54) is 0 Å². The molecule has 3 aromatic carbocycles. The van der Waals surface area contributed by atoms with Crippen molar-refractivity contribution in [1.82, 2.24) is 0 Å². The van der Waals surface area contributed by atoms with Crippen molar-refractivity contribution in [3.05, 3.63) is 113 Å². The van der Waals surface area contributed by atoms with Crippen LogP contribution in [0.3, 0.4) is 0 Å². The summed E-state index contributed by atoms with van der Waals surface area (Å²) in [5.41, 5.74) is 3.17. The molecule has 0 aromatic heterocycles. The van der Waals surface area contributed by atoms with Crippen molar-refractivity contribution in [2.24, 2.45) is 0 Å². The molecule has 0 spiro atoms. The number of rotatable bonds is 12. The third kappa shape index (κ3) is 7.68. The van der Waals surface area contributed by atoms with Crippen LogP contribution < -0.4 is 4.74 Å². The van der Waals surface area contributed by atoms with Gasteiger partial charge in [-0.3, -0.25) is 0 Å². The van der Waals surface area contributed by atoms with Gasteiger partial charge in [-0.15, -0.1) is 0 Å². The monoisotopic (exact) mass is 518 g/mol. The molecule has 0 radical (unpaired) electrons. The smallest absolute Gasteiger partial charge is 0.228 e. The molecule has 1 saturated heterocycles. The molecule has 0 N–H and O–H groups in total. The zero-order valence-electron chi connectivity index (χ0n) is 22.6. The lowest BCUT2D eigenvalue weighted by atomic mass is 9.98. The van der Waals surface area contributed by atoms with Crippen LogP contribution in [-0.4, -0.2) is 37.8 Å². The van der Waals surface area contributed by atoms with Crippen LogP contribution in [0.5, 0.6) is 5.75 Å². The number of methoxy groups -OCH3 is 1. The summed E-state index contributed by atoms with van der Waals surface area (Å²) in [6, 6.07) is 28.0. The zero-order chi connectivity index (χ0) is 26.7. The quantitative estimate of drug-likeness (QED) is 0.257. The van der Waals surface area contributed by atoms with Crippen molar-refractivity contribution in [3.63, 3.8) is 0 Å². The second-order valence-electron chi connectivity index (χ2n) is 9.37. The highest BCUT2D eigenvalue weighted by atomic mass is 16.7. The van der Waals surface area contributed by atoms with Gasteiger partial charge >= 0.3 is 0 Å². The van der Waals surface area contributed by atoms with Crippen molar-refractivity contribution < 1.29 is 28.4 Å². The van der Waals surface area contributed by atoms with E-state index in [0.29, 0.717) is 19.8 Å². The summed E-state index contributed by atoms with van der Waals surface area (Å²) in [6.45, 7) is 7.06. The first-order chi connectivity index (χ1) is 18.6. The van der Waals surface area contributed by atoms with E-state index in [-0.39, 0.29) is 12.2 Å². The standard InChI is InChI=1S/C32H38O6/c1-5-23(2)37-32-31(36-21-26-14-10-7-11-15-26)30(35-20-25-12-8-6-9-13-25)29(24(3)38-32)34-22-27-16-18-28(33-4)19-17-27/h5-19,24,29-32H,20-22H2,1-4H3/b23-5+/t24-,29+,30+,31-,32-/m0/s1. The maximum atomic E-state index is 6.57. The van der Waals surface area contributed by atoms with E-state index >= 15 is 0 Å². The van der Waals surface area contributed by atoms with E-state index in [4.69, 9.17) is 28.4 Å². The Morgan fingerprint density at radius 1 is 0.711 bits per heavy atom. The van der Waals surface area contributed by atoms with Crippen LogP contribution in [0, 0.1) is 0 Å². The number of hydrogen-bond acceptors (Lipinski definition) is 6.